The van der Waals surface area contributed by atoms with Crippen molar-refractivity contribution >= 4 is 28.3 Å². The van der Waals surface area contributed by atoms with E-state index in [1.54, 1.807) is 30.6 Å². The number of anilines is 1. The number of esters is 1. The number of hydrogen-bond acceptors (Lipinski definition) is 5. The van der Waals surface area contributed by atoms with Crippen molar-refractivity contribution < 1.29 is 18.7 Å². The Kier molecular flexibility index (Phi) is 4.38. The van der Waals surface area contributed by atoms with E-state index in [2.05, 4.69) is 4.98 Å². The number of amides is 1. The van der Waals surface area contributed by atoms with Crippen molar-refractivity contribution in [3.63, 3.8) is 0 Å². The highest BCUT2D eigenvalue weighted by Crippen LogP contribution is 2.28. The number of ether oxygens (including phenoxy) is 1. The molecule has 1 aliphatic rings. The predicted molar refractivity (Wildman–Crippen MR) is 83.5 cm³/mol. The molecular weight excluding hydrogens is 319 g/mol. The van der Waals surface area contributed by atoms with E-state index in [-0.39, 0.29) is 24.7 Å². The van der Waals surface area contributed by atoms with Crippen LogP contribution in [0.3, 0.4) is 0 Å². The SMILES string of the molecule is C[C@@H](OC(=O)[C@@H]1CC(=O)N(c2nccs2)C1)c1cccc(F)c1. The lowest BCUT2D eigenvalue weighted by Crippen LogP contribution is -2.26. The van der Waals surface area contributed by atoms with Gasteiger partial charge in [-0.25, -0.2) is 9.37 Å². The molecule has 0 aliphatic carbocycles. The predicted octanol–water partition coefficient (Wildman–Crippen LogP) is 2.94. The zero-order valence-electron chi connectivity index (χ0n) is 12.4. The van der Waals surface area contributed by atoms with Gasteiger partial charge in [-0.1, -0.05) is 12.1 Å². The van der Waals surface area contributed by atoms with Gasteiger partial charge in [-0.3, -0.25) is 14.5 Å². The summed E-state index contributed by atoms with van der Waals surface area (Å²) >= 11 is 1.35. The molecule has 1 aliphatic heterocycles. The van der Waals surface area contributed by atoms with Gasteiger partial charge in [0.15, 0.2) is 5.13 Å². The van der Waals surface area contributed by atoms with E-state index >= 15 is 0 Å². The maximum Gasteiger partial charge on any atom is 0.311 e. The number of halogens is 1. The Labute approximate surface area is 136 Å². The number of carbonyl (C=O) groups excluding carboxylic acids is 2. The van der Waals surface area contributed by atoms with E-state index < -0.39 is 18.0 Å². The molecular formula is C16H15FN2O3S. The molecule has 1 aromatic heterocycles. The van der Waals surface area contributed by atoms with Crippen LogP contribution in [0.4, 0.5) is 9.52 Å². The van der Waals surface area contributed by atoms with E-state index in [1.165, 1.54) is 28.4 Å². The lowest BCUT2D eigenvalue weighted by atomic mass is 10.1. The molecule has 0 spiro atoms. The Hall–Kier alpha value is -2.28. The molecule has 0 unspecified atom stereocenters. The molecule has 0 bridgehead atoms. The number of benzene rings is 1. The van der Waals surface area contributed by atoms with Crippen LogP contribution in [0.1, 0.15) is 25.0 Å². The van der Waals surface area contributed by atoms with Crippen LogP contribution in [0.2, 0.25) is 0 Å². The first-order chi connectivity index (χ1) is 11.0. The highest BCUT2D eigenvalue weighted by Gasteiger charge is 2.37. The topological polar surface area (TPSA) is 59.5 Å². The van der Waals surface area contributed by atoms with Crippen molar-refractivity contribution in [3.8, 4) is 0 Å². The monoisotopic (exact) mass is 334 g/mol. The van der Waals surface area contributed by atoms with Crippen LogP contribution in [0.25, 0.3) is 0 Å². The molecule has 0 N–H and O–H groups in total. The summed E-state index contributed by atoms with van der Waals surface area (Å²) in [6, 6.07) is 5.93. The van der Waals surface area contributed by atoms with Crippen molar-refractivity contribution in [1.82, 2.24) is 4.98 Å². The number of carbonyl (C=O) groups is 2. The van der Waals surface area contributed by atoms with Gasteiger partial charge < -0.3 is 4.74 Å². The third kappa shape index (κ3) is 3.39. The van der Waals surface area contributed by atoms with E-state index in [1.807, 2.05) is 0 Å². The Bertz CT molecular complexity index is 720. The molecule has 5 nitrogen and oxygen atoms in total. The van der Waals surface area contributed by atoms with E-state index in [4.69, 9.17) is 4.74 Å². The number of hydrogen-bond donors (Lipinski definition) is 0. The molecule has 0 radical (unpaired) electrons. The Balaban J connectivity index is 1.64. The van der Waals surface area contributed by atoms with Crippen LogP contribution in [-0.4, -0.2) is 23.4 Å². The lowest BCUT2D eigenvalue weighted by molar-refractivity contribution is -0.153. The molecule has 120 valence electrons. The average Bonchev–Trinajstić information content (AvgIpc) is 3.16. The van der Waals surface area contributed by atoms with Gasteiger partial charge in [0.2, 0.25) is 5.91 Å². The van der Waals surface area contributed by atoms with Crippen LogP contribution in [0, 0.1) is 11.7 Å². The lowest BCUT2D eigenvalue weighted by Gasteiger charge is -2.17. The van der Waals surface area contributed by atoms with E-state index in [9.17, 15) is 14.0 Å². The average molecular weight is 334 g/mol. The van der Waals surface area contributed by atoms with Gasteiger partial charge in [-0.05, 0) is 24.6 Å². The summed E-state index contributed by atoms with van der Waals surface area (Å²) in [5.74, 6) is -1.49. The van der Waals surface area contributed by atoms with Gasteiger partial charge in [-0.2, -0.15) is 0 Å². The van der Waals surface area contributed by atoms with Crippen molar-refractivity contribution in [2.45, 2.75) is 19.4 Å². The van der Waals surface area contributed by atoms with Crippen LogP contribution in [-0.2, 0) is 14.3 Å². The van der Waals surface area contributed by atoms with Gasteiger partial charge in [0.1, 0.15) is 11.9 Å². The third-order valence-electron chi connectivity index (χ3n) is 3.72. The van der Waals surface area contributed by atoms with E-state index in [0.29, 0.717) is 10.7 Å². The van der Waals surface area contributed by atoms with Crippen molar-refractivity contribution in [3.05, 3.63) is 47.2 Å². The first kappa shape index (κ1) is 15.6. The molecule has 23 heavy (non-hydrogen) atoms. The number of nitrogens with zero attached hydrogens (tertiary/aromatic N) is 2. The van der Waals surface area contributed by atoms with Crippen LogP contribution in [0.5, 0.6) is 0 Å². The zero-order valence-corrected chi connectivity index (χ0v) is 13.3. The maximum absolute atomic E-state index is 13.2. The summed E-state index contributed by atoms with van der Waals surface area (Å²) < 4.78 is 18.6. The minimum Gasteiger partial charge on any atom is -0.458 e. The summed E-state index contributed by atoms with van der Waals surface area (Å²) in [5.41, 5.74) is 0.583. The molecule has 3 rings (SSSR count). The fourth-order valence-corrected chi connectivity index (χ4v) is 3.17. The largest absolute Gasteiger partial charge is 0.458 e. The normalized spacial score (nSPS) is 19.0. The Morgan fingerprint density at radius 1 is 1.52 bits per heavy atom. The van der Waals surface area contributed by atoms with Crippen molar-refractivity contribution in [2.24, 2.45) is 5.92 Å². The maximum atomic E-state index is 13.2. The second kappa shape index (κ2) is 6.45. The Morgan fingerprint density at radius 3 is 3.04 bits per heavy atom. The number of rotatable bonds is 4. The minimum absolute atomic E-state index is 0.105. The molecule has 1 saturated heterocycles. The summed E-state index contributed by atoms with van der Waals surface area (Å²) in [7, 11) is 0. The molecule has 7 heteroatoms. The summed E-state index contributed by atoms with van der Waals surface area (Å²) in [6.07, 6.45) is 1.15. The zero-order chi connectivity index (χ0) is 16.4. The summed E-state index contributed by atoms with van der Waals surface area (Å²) in [6.45, 7) is 1.95. The van der Waals surface area contributed by atoms with Crippen molar-refractivity contribution in [2.75, 3.05) is 11.4 Å². The number of thiazole rings is 1. The van der Waals surface area contributed by atoms with Crippen LogP contribution in [0.15, 0.2) is 35.8 Å². The smallest absolute Gasteiger partial charge is 0.311 e. The quantitative estimate of drug-likeness (QED) is 0.807. The summed E-state index contributed by atoms with van der Waals surface area (Å²) in [5, 5.41) is 2.36. The Morgan fingerprint density at radius 2 is 2.35 bits per heavy atom. The number of aromatic nitrogens is 1. The first-order valence-corrected chi connectivity index (χ1v) is 8.08. The molecule has 2 heterocycles. The van der Waals surface area contributed by atoms with Gasteiger partial charge >= 0.3 is 5.97 Å². The molecule has 2 atom stereocenters. The van der Waals surface area contributed by atoms with Gasteiger partial charge in [0, 0.05) is 24.5 Å². The minimum atomic E-state index is -0.567. The van der Waals surface area contributed by atoms with Gasteiger partial charge in [0.05, 0.1) is 5.92 Å². The molecule has 1 aromatic carbocycles. The molecule has 1 fully saturated rings. The second-order valence-electron chi connectivity index (χ2n) is 5.35. The second-order valence-corrected chi connectivity index (χ2v) is 6.23. The van der Waals surface area contributed by atoms with Crippen molar-refractivity contribution in [1.29, 1.82) is 0 Å². The van der Waals surface area contributed by atoms with Crippen LogP contribution >= 0.6 is 11.3 Å². The highest BCUT2D eigenvalue weighted by atomic mass is 32.1. The third-order valence-corrected chi connectivity index (χ3v) is 4.51. The highest BCUT2D eigenvalue weighted by molar-refractivity contribution is 7.13. The van der Waals surface area contributed by atoms with E-state index in [0.717, 1.165) is 0 Å². The van der Waals surface area contributed by atoms with Gasteiger partial charge in [0.25, 0.3) is 0 Å². The van der Waals surface area contributed by atoms with Crippen LogP contribution < -0.4 is 4.90 Å². The fourth-order valence-electron chi connectivity index (χ4n) is 2.50. The molecule has 2 aromatic rings. The first-order valence-electron chi connectivity index (χ1n) is 7.20. The molecule has 1 amide bonds. The standard InChI is InChI=1S/C16H15FN2O3S/c1-10(11-3-2-4-13(17)7-11)22-15(21)12-8-14(20)19(9-12)16-18-5-6-23-16/h2-7,10,12H,8-9H2,1H3/t10-,12-/m1/s1. The summed E-state index contributed by atoms with van der Waals surface area (Å²) in [4.78, 5) is 29.9. The van der Waals surface area contributed by atoms with Gasteiger partial charge in [-0.15, -0.1) is 11.3 Å². The fraction of sp³-hybridized carbons (Fsp3) is 0.312. The molecule has 0 saturated carbocycles.